The van der Waals surface area contributed by atoms with E-state index >= 15 is 0 Å². The van der Waals surface area contributed by atoms with Gasteiger partial charge in [-0.3, -0.25) is 20.2 Å². The Kier molecular flexibility index (Phi) is 6.14. The number of carbonyl (C=O) groups excluding carboxylic acids is 3. The van der Waals surface area contributed by atoms with E-state index in [1.807, 2.05) is 0 Å². The summed E-state index contributed by atoms with van der Waals surface area (Å²) in [6, 6.07) is 23.5. The Morgan fingerprint density at radius 3 is 2.11 bits per heavy atom. The molecule has 3 aromatic carbocycles. The number of β-amino-alcohol motifs (C(OH)–C–C–N with tert-alkyl or cyclic N) is 1. The number of nitrogens with two attached hydrogens (primary N) is 1. The van der Waals surface area contributed by atoms with Crippen molar-refractivity contribution >= 4 is 56.6 Å². The minimum absolute atomic E-state index is 0.0751. The third-order valence-corrected chi connectivity index (χ3v) is 6.92. The molecule has 9 nitrogen and oxygen atoms in total. The average molecular weight is 562 g/mol. The topological polar surface area (TPSA) is 127 Å². The average Bonchev–Trinajstić information content (AvgIpc) is 3.27. The van der Waals surface area contributed by atoms with Crippen LogP contribution in [0.4, 0.5) is 11.4 Å². The number of nitrogens with zero attached hydrogens (tertiary/aromatic N) is 3. The molecule has 0 radical (unpaired) electrons. The Morgan fingerprint density at radius 1 is 0.919 bits per heavy atom. The number of halogens is 1. The standard InChI is InChI=1S/C27H21BrN4O5/c28-18-13-11-17(12-14-18)22(34)21-23(35)24(36)30(15-16-33)27(21)25(37)31(19-7-3-1-4-8-19)26(29)32(27)20-9-5-2-6-10-20/h1-14,29,33H,15-16H2,(H,34,35)/p+1. The molecule has 1 spiro atoms. The lowest BCUT2D eigenvalue weighted by Crippen LogP contribution is -2.59. The number of amides is 2. The molecule has 2 aliphatic heterocycles. The first kappa shape index (κ1) is 24.4. The number of Topliss-reactive ketones (excluding diaryl/α,β-unsaturated/α-hetero) is 1. The fourth-order valence-electron chi connectivity index (χ4n) is 4.86. The van der Waals surface area contributed by atoms with E-state index in [0.717, 1.165) is 9.37 Å². The van der Waals surface area contributed by atoms with Crippen LogP contribution in [0.2, 0.25) is 0 Å². The lowest BCUT2D eigenvalue weighted by Gasteiger charge is -2.32. The van der Waals surface area contributed by atoms with E-state index < -0.39 is 41.2 Å². The number of rotatable bonds is 5. The molecule has 37 heavy (non-hydrogen) atoms. The fourth-order valence-corrected chi connectivity index (χ4v) is 5.12. The maximum Gasteiger partial charge on any atom is 0.366 e. The molecule has 1 unspecified atom stereocenters. The van der Waals surface area contributed by atoms with Crippen LogP contribution in [0.5, 0.6) is 0 Å². The number of hydrogen-bond donors (Lipinski definition) is 3. The number of hydrogen-bond acceptors (Lipinski definition) is 6. The van der Waals surface area contributed by atoms with Gasteiger partial charge in [0.05, 0.1) is 6.61 Å². The van der Waals surface area contributed by atoms with Crippen LogP contribution in [-0.2, 0) is 14.4 Å². The van der Waals surface area contributed by atoms with Gasteiger partial charge in [-0.25, -0.2) is 4.79 Å². The van der Waals surface area contributed by atoms with Crippen LogP contribution in [0.15, 0.2) is 95.0 Å². The Balaban J connectivity index is 1.90. The van der Waals surface area contributed by atoms with Crippen LogP contribution in [0.1, 0.15) is 5.56 Å². The number of benzene rings is 3. The van der Waals surface area contributed by atoms with Crippen LogP contribution in [0.25, 0.3) is 5.76 Å². The Hall–Kier alpha value is -4.28. The number of aliphatic hydroxyl groups is 2. The predicted molar refractivity (Wildman–Crippen MR) is 140 cm³/mol. The minimum Gasteiger partial charge on any atom is -0.507 e. The molecule has 10 heteroatoms. The summed E-state index contributed by atoms with van der Waals surface area (Å²) in [5.74, 6) is -3.46. The second kappa shape index (κ2) is 9.30. The molecule has 0 aliphatic carbocycles. The third-order valence-electron chi connectivity index (χ3n) is 6.40. The maximum absolute atomic E-state index is 14.5. The van der Waals surface area contributed by atoms with Crippen LogP contribution in [0, 0.1) is 0 Å². The molecule has 5 rings (SSSR count). The highest BCUT2D eigenvalue weighted by Gasteiger charge is 2.73. The lowest BCUT2D eigenvalue weighted by molar-refractivity contribution is -0.523. The molecular weight excluding hydrogens is 540 g/mol. The van der Waals surface area contributed by atoms with Crippen LogP contribution in [-0.4, -0.2) is 62.1 Å². The van der Waals surface area contributed by atoms with Crippen molar-refractivity contribution in [2.24, 2.45) is 5.73 Å². The van der Waals surface area contributed by atoms with Gasteiger partial charge in [0, 0.05) is 16.6 Å². The van der Waals surface area contributed by atoms with E-state index in [1.165, 1.54) is 9.48 Å². The van der Waals surface area contributed by atoms with Crippen molar-refractivity contribution in [3.63, 3.8) is 0 Å². The van der Waals surface area contributed by atoms with E-state index in [-0.39, 0.29) is 18.1 Å². The molecule has 4 N–H and O–H groups in total. The Labute approximate surface area is 220 Å². The first-order valence-corrected chi connectivity index (χ1v) is 12.2. The van der Waals surface area contributed by atoms with Crippen molar-refractivity contribution in [1.29, 1.82) is 0 Å². The summed E-state index contributed by atoms with van der Waals surface area (Å²) in [5.41, 5.74) is 5.03. The summed E-state index contributed by atoms with van der Waals surface area (Å²) in [4.78, 5) is 43.6. The van der Waals surface area contributed by atoms with Gasteiger partial charge in [0.25, 0.3) is 17.4 Å². The summed E-state index contributed by atoms with van der Waals surface area (Å²) in [6.45, 7) is -0.888. The van der Waals surface area contributed by atoms with Gasteiger partial charge in [-0.15, -0.1) is 0 Å². The SMILES string of the molecule is NC1=[N+](c2ccccc2)C2(C(=O)N1c1ccccc1)/C(=C(\O)c1ccc(Br)cc1)C(=O)C(=O)N2CCO. The summed E-state index contributed by atoms with van der Waals surface area (Å²) >= 11 is 3.34. The number of ketones is 1. The molecule has 2 heterocycles. The highest BCUT2D eigenvalue weighted by atomic mass is 79.9. The molecule has 2 amide bonds. The molecule has 1 fully saturated rings. The molecule has 1 saturated heterocycles. The van der Waals surface area contributed by atoms with Gasteiger partial charge >= 0.3 is 11.9 Å². The largest absolute Gasteiger partial charge is 0.507 e. The maximum atomic E-state index is 14.5. The smallest absolute Gasteiger partial charge is 0.366 e. The van der Waals surface area contributed by atoms with Crippen molar-refractivity contribution in [3.8, 4) is 0 Å². The van der Waals surface area contributed by atoms with E-state index in [1.54, 1.807) is 84.9 Å². The molecule has 0 bridgehead atoms. The molecule has 0 saturated carbocycles. The van der Waals surface area contributed by atoms with Crippen molar-refractivity contribution in [3.05, 3.63) is 101 Å². The van der Waals surface area contributed by atoms with Gasteiger partial charge in [0.1, 0.15) is 22.7 Å². The van der Waals surface area contributed by atoms with Crippen molar-refractivity contribution in [1.82, 2.24) is 4.90 Å². The first-order valence-electron chi connectivity index (χ1n) is 11.4. The third kappa shape index (κ3) is 3.56. The minimum atomic E-state index is -2.19. The second-order valence-corrected chi connectivity index (χ2v) is 9.33. The number of aliphatic hydroxyl groups excluding tert-OH is 2. The van der Waals surface area contributed by atoms with E-state index in [9.17, 15) is 24.6 Å². The number of para-hydroxylation sites is 2. The number of anilines is 1. The van der Waals surface area contributed by atoms with Crippen LogP contribution < -0.4 is 10.6 Å². The number of carbonyl (C=O) groups is 3. The molecule has 186 valence electrons. The van der Waals surface area contributed by atoms with Gasteiger partial charge < -0.3 is 10.2 Å². The molecular formula is C27H22BrN4O5+. The first-order chi connectivity index (χ1) is 17.8. The van der Waals surface area contributed by atoms with Gasteiger partial charge in [-0.2, -0.15) is 9.48 Å². The zero-order valence-electron chi connectivity index (χ0n) is 19.4. The molecule has 0 aromatic heterocycles. The van der Waals surface area contributed by atoms with Crippen molar-refractivity contribution in [2.75, 3.05) is 18.1 Å². The molecule has 2 aliphatic rings. The Morgan fingerprint density at radius 2 is 1.51 bits per heavy atom. The van der Waals surface area contributed by atoms with E-state index in [0.29, 0.717) is 11.4 Å². The summed E-state index contributed by atoms with van der Waals surface area (Å²) in [5, 5.41) is 21.4. The monoisotopic (exact) mass is 561 g/mol. The van der Waals surface area contributed by atoms with Crippen LogP contribution >= 0.6 is 15.9 Å². The fraction of sp³-hybridized carbons (Fsp3) is 0.111. The molecule has 1 atom stereocenters. The highest BCUT2D eigenvalue weighted by molar-refractivity contribution is 9.10. The predicted octanol–water partition coefficient (Wildman–Crippen LogP) is 2.52. The zero-order valence-corrected chi connectivity index (χ0v) is 21.0. The second-order valence-electron chi connectivity index (χ2n) is 8.42. The van der Waals surface area contributed by atoms with Gasteiger partial charge in [0.2, 0.25) is 0 Å². The van der Waals surface area contributed by atoms with Crippen molar-refractivity contribution in [2.45, 2.75) is 5.66 Å². The normalized spacial score (nSPS) is 21.0. The quantitative estimate of drug-likeness (QED) is 0.190. The zero-order chi connectivity index (χ0) is 26.3. The van der Waals surface area contributed by atoms with Gasteiger partial charge in [-0.1, -0.05) is 64.5 Å². The van der Waals surface area contributed by atoms with Crippen LogP contribution in [0.3, 0.4) is 0 Å². The number of guanidine groups is 1. The van der Waals surface area contributed by atoms with E-state index in [2.05, 4.69) is 15.9 Å². The number of likely N-dealkylation sites (tertiary alicyclic amines) is 1. The summed E-state index contributed by atoms with van der Waals surface area (Å²) in [7, 11) is 0. The van der Waals surface area contributed by atoms with Crippen molar-refractivity contribution < 1.29 is 29.2 Å². The van der Waals surface area contributed by atoms with E-state index in [4.69, 9.17) is 5.73 Å². The lowest BCUT2D eigenvalue weighted by atomic mass is 9.93. The van der Waals surface area contributed by atoms with Gasteiger partial charge in [0.15, 0.2) is 0 Å². The van der Waals surface area contributed by atoms with Gasteiger partial charge in [-0.05, 0) is 36.4 Å². The molecule has 3 aromatic rings. The highest BCUT2D eigenvalue weighted by Crippen LogP contribution is 2.46. The summed E-state index contributed by atoms with van der Waals surface area (Å²) < 4.78 is 2.10. The summed E-state index contributed by atoms with van der Waals surface area (Å²) in [6.07, 6.45) is 0. The Bertz CT molecular complexity index is 1470.